The van der Waals surface area contributed by atoms with Crippen molar-refractivity contribution in [3.05, 3.63) is 0 Å². The lowest BCUT2D eigenvalue weighted by molar-refractivity contribution is -0.00702. The molecule has 0 amide bonds. The highest BCUT2D eigenvalue weighted by Crippen LogP contribution is 2.23. The van der Waals surface area contributed by atoms with Crippen LogP contribution in [-0.4, -0.2) is 37.7 Å². The van der Waals surface area contributed by atoms with Gasteiger partial charge in [-0.05, 0) is 7.05 Å². The fraction of sp³-hybridized carbons (Fsp3) is 0.778. The standard InChI is InChI=1S/C9H15NO/c1-4-9(11-3)5-7-10(2)8-6-9/h1H,5-8H2,2-3H3. The third-order valence-corrected chi connectivity index (χ3v) is 2.45. The van der Waals surface area contributed by atoms with E-state index in [1.807, 2.05) is 0 Å². The first-order valence-electron chi connectivity index (χ1n) is 3.94. The Labute approximate surface area is 68.5 Å². The Bertz CT molecular complexity index is 163. The zero-order chi connectivity index (χ0) is 8.32. The van der Waals surface area contributed by atoms with Gasteiger partial charge in [0.25, 0.3) is 0 Å². The summed E-state index contributed by atoms with van der Waals surface area (Å²) in [6.45, 7) is 2.08. The number of rotatable bonds is 1. The molecule has 1 heterocycles. The predicted octanol–water partition coefficient (Wildman–Crippen LogP) is 0.730. The second-order valence-electron chi connectivity index (χ2n) is 3.15. The normalized spacial score (nSPS) is 24.5. The van der Waals surface area contributed by atoms with Crippen molar-refractivity contribution >= 4 is 0 Å². The molecule has 0 aromatic carbocycles. The van der Waals surface area contributed by atoms with Crippen LogP contribution in [0.2, 0.25) is 0 Å². The molecule has 0 saturated carbocycles. The largest absolute Gasteiger partial charge is 0.366 e. The van der Waals surface area contributed by atoms with Crippen molar-refractivity contribution in [1.82, 2.24) is 4.90 Å². The molecule has 1 aliphatic rings. The summed E-state index contributed by atoms with van der Waals surface area (Å²) in [4.78, 5) is 2.27. The maximum absolute atomic E-state index is 5.40. The number of nitrogens with zero attached hydrogens (tertiary/aromatic N) is 1. The number of hydrogen-bond donors (Lipinski definition) is 0. The zero-order valence-electron chi connectivity index (χ0n) is 7.26. The summed E-state index contributed by atoms with van der Waals surface area (Å²) in [5.74, 6) is 2.74. The third-order valence-electron chi connectivity index (χ3n) is 2.45. The summed E-state index contributed by atoms with van der Waals surface area (Å²) in [6.07, 6.45) is 7.31. The molecule has 1 aliphatic heterocycles. The van der Waals surface area contributed by atoms with Gasteiger partial charge in [0.2, 0.25) is 0 Å². The van der Waals surface area contributed by atoms with E-state index in [1.165, 1.54) is 0 Å². The number of terminal acetylenes is 1. The van der Waals surface area contributed by atoms with Gasteiger partial charge in [0.15, 0.2) is 0 Å². The maximum atomic E-state index is 5.40. The van der Waals surface area contributed by atoms with E-state index >= 15 is 0 Å². The molecule has 0 atom stereocenters. The Balaban J connectivity index is 2.54. The van der Waals surface area contributed by atoms with Crippen molar-refractivity contribution in [2.75, 3.05) is 27.2 Å². The van der Waals surface area contributed by atoms with E-state index in [9.17, 15) is 0 Å². The number of ether oxygens (including phenoxy) is 1. The number of likely N-dealkylation sites (tertiary alicyclic amines) is 1. The van der Waals surface area contributed by atoms with Crippen LogP contribution in [0.25, 0.3) is 0 Å². The van der Waals surface area contributed by atoms with E-state index in [4.69, 9.17) is 11.2 Å². The Morgan fingerprint density at radius 1 is 1.45 bits per heavy atom. The quantitative estimate of drug-likeness (QED) is 0.515. The smallest absolute Gasteiger partial charge is 0.130 e. The molecule has 0 N–H and O–H groups in total. The van der Waals surface area contributed by atoms with Crippen LogP contribution in [0.1, 0.15) is 12.8 Å². The van der Waals surface area contributed by atoms with Gasteiger partial charge in [0, 0.05) is 33.0 Å². The molecule has 0 bridgehead atoms. The van der Waals surface area contributed by atoms with Gasteiger partial charge >= 0.3 is 0 Å². The monoisotopic (exact) mass is 153 g/mol. The fourth-order valence-electron chi connectivity index (χ4n) is 1.39. The summed E-state index contributed by atoms with van der Waals surface area (Å²) in [7, 11) is 3.81. The Morgan fingerprint density at radius 3 is 2.36 bits per heavy atom. The molecular formula is C9H15NO. The molecule has 0 unspecified atom stereocenters. The Hall–Kier alpha value is -0.520. The Morgan fingerprint density at radius 2 is 2.00 bits per heavy atom. The van der Waals surface area contributed by atoms with Gasteiger partial charge < -0.3 is 9.64 Å². The zero-order valence-corrected chi connectivity index (χ0v) is 7.26. The van der Waals surface area contributed by atoms with Gasteiger partial charge in [0.1, 0.15) is 5.60 Å². The van der Waals surface area contributed by atoms with Gasteiger partial charge in [0.05, 0.1) is 0 Å². The molecule has 0 radical (unpaired) electrons. The molecule has 1 rings (SSSR count). The molecule has 0 aromatic heterocycles. The molecule has 0 aliphatic carbocycles. The van der Waals surface area contributed by atoms with E-state index in [-0.39, 0.29) is 5.60 Å². The molecule has 1 saturated heterocycles. The molecule has 1 fully saturated rings. The summed E-state index contributed by atoms with van der Waals surface area (Å²) in [5.41, 5.74) is -0.271. The first kappa shape index (κ1) is 8.58. The van der Waals surface area contributed by atoms with Gasteiger partial charge in [-0.3, -0.25) is 0 Å². The minimum Gasteiger partial charge on any atom is -0.366 e. The highest BCUT2D eigenvalue weighted by atomic mass is 16.5. The van der Waals surface area contributed by atoms with Crippen molar-refractivity contribution < 1.29 is 4.74 Å². The second kappa shape index (κ2) is 3.25. The summed E-state index contributed by atoms with van der Waals surface area (Å²) in [5, 5.41) is 0. The lowest BCUT2D eigenvalue weighted by atomic mass is 9.92. The van der Waals surface area contributed by atoms with Gasteiger partial charge in [-0.15, -0.1) is 6.42 Å². The third kappa shape index (κ3) is 1.74. The number of methoxy groups -OCH3 is 1. The lowest BCUT2D eigenvalue weighted by Crippen LogP contribution is -2.43. The van der Waals surface area contributed by atoms with E-state index in [0.717, 1.165) is 25.9 Å². The van der Waals surface area contributed by atoms with Crippen molar-refractivity contribution in [1.29, 1.82) is 0 Å². The molecular weight excluding hydrogens is 138 g/mol. The highest BCUT2D eigenvalue weighted by Gasteiger charge is 2.30. The highest BCUT2D eigenvalue weighted by molar-refractivity contribution is 5.10. The SMILES string of the molecule is C#CC1(OC)CCN(C)CC1. The first-order valence-corrected chi connectivity index (χ1v) is 3.94. The molecule has 62 valence electrons. The molecule has 2 nitrogen and oxygen atoms in total. The summed E-state index contributed by atoms with van der Waals surface area (Å²) < 4.78 is 5.31. The molecule has 2 heteroatoms. The number of piperidine rings is 1. The van der Waals surface area contributed by atoms with Crippen molar-refractivity contribution in [2.24, 2.45) is 0 Å². The topological polar surface area (TPSA) is 12.5 Å². The van der Waals surface area contributed by atoms with Gasteiger partial charge in [-0.25, -0.2) is 0 Å². The molecule has 0 spiro atoms. The van der Waals surface area contributed by atoms with Crippen molar-refractivity contribution in [2.45, 2.75) is 18.4 Å². The van der Waals surface area contributed by atoms with E-state index in [0.29, 0.717) is 0 Å². The average Bonchev–Trinajstić information content (AvgIpc) is 2.07. The van der Waals surface area contributed by atoms with Crippen molar-refractivity contribution in [3.63, 3.8) is 0 Å². The Kier molecular flexibility index (Phi) is 2.53. The summed E-state index contributed by atoms with van der Waals surface area (Å²) >= 11 is 0. The van der Waals surface area contributed by atoms with E-state index < -0.39 is 0 Å². The predicted molar refractivity (Wildman–Crippen MR) is 45.3 cm³/mol. The van der Waals surface area contributed by atoms with Crippen LogP contribution in [0.3, 0.4) is 0 Å². The van der Waals surface area contributed by atoms with Gasteiger partial charge in [-0.2, -0.15) is 0 Å². The first-order chi connectivity index (χ1) is 5.22. The van der Waals surface area contributed by atoms with Crippen LogP contribution in [0.4, 0.5) is 0 Å². The average molecular weight is 153 g/mol. The number of hydrogen-bond acceptors (Lipinski definition) is 2. The van der Waals surface area contributed by atoms with Crippen LogP contribution in [0.15, 0.2) is 0 Å². The fourth-order valence-corrected chi connectivity index (χ4v) is 1.39. The minimum absolute atomic E-state index is 0.271. The lowest BCUT2D eigenvalue weighted by Gasteiger charge is -2.35. The molecule has 0 aromatic rings. The van der Waals surface area contributed by atoms with Crippen LogP contribution in [0.5, 0.6) is 0 Å². The maximum Gasteiger partial charge on any atom is 0.130 e. The second-order valence-corrected chi connectivity index (χ2v) is 3.15. The van der Waals surface area contributed by atoms with Crippen LogP contribution >= 0.6 is 0 Å². The van der Waals surface area contributed by atoms with Crippen LogP contribution < -0.4 is 0 Å². The van der Waals surface area contributed by atoms with E-state index in [1.54, 1.807) is 7.11 Å². The van der Waals surface area contributed by atoms with Gasteiger partial charge in [-0.1, -0.05) is 5.92 Å². The van der Waals surface area contributed by atoms with E-state index in [2.05, 4.69) is 17.9 Å². The minimum atomic E-state index is -0.271. The van der Waals surface area contributed by atoms with Crippen LogP contribution in [0, 0.1) is 12.3 Å². The molecule has 11 heavy (non-hydrogen) atoms. The summed E-state index contributed by atoms with van der Waals surface area (Å²) in [6, 6.07) is 0. The van der Waals surface area contributed by atoms with Crippen molar-refractivity contribution in [3.8, 4) is 12.3 Å². The van der Waals surface area contributed by atoms with Crippen LogP contribution in [-0.2, 0) is 4.74 Å².